The predicted octanol–water partition coefficient (Wildman–Crippen LogP) is 9.92. The molecule has 1 aromatic heterocycles. The van der Waals surface area contributed by atoms with Crippen LogP contribution in [0.5, 0.6) is 11.5 Å². The van der Waals surface area contributed by atoms with Crippen molar-refractivity contribution in [3.05, 3.63) is 136 Å². The summed E-state index contributed by atoms with van der Waals surface area (Å²) in [6, 6.07) is 33.7. The van der Waals surface area contributed by atoms with Crippen LogP contribution < -0.4 is 15.4 Å². The van der Waals surface area contributed by atoms with Gasteiger partial charge in [-0.05, 0) is 158 Å². The summed E-state index contributed by atoms with van der Waals surface area (Å²) in [7, 11) is 8.55. The van der Waals surface area contributed by atoms with Crippen LogP contribution in [0.1, 0.15) is 82.3 Å². The van der Waals surface area contributed by atoms with Crippen LogP contribution in [0.3, 0.4) is 0 Å². The molecule has 5 saturated heterocycles. The summed E-state index contributed by atoms with van der Waals surface area (Å²) in [5.41, 5.74) is 4.28. The molecule has 0 amide bonds. The highest BCUT2D eigenvalue weighted by atomic mass is 35.5. The number of imidazole rings is 1. The molecule has 2 bridgehead atoms. The number of halogens is 2. The molecule has 4 aromatic carbocycles. The van der Waals surface area contributed by atoms with Gasteiger partial charge in [-0.2, -0.15) is 0 Å². The van der Waals surface area contributed by atoms with Crippen LogP contribution in [0.2, 0.25) is 10.0 Å². The monoisotopic (exact) mass is 1040 g/mol. The third-order valence-electron chi connectivity index (χ3n) is 19.5. The van der Waals surface area contributed by atoms with Crippen molar-refractivity contribution >= 4 is 29.0 Å². The summed E-state index contributed by atoms with van der Waals surface area (Å²) in [6.07, 6.45) is 8.73. The van der Waals surface area contributed by atoms with Crippen LogP contribution in [0.4, 0.5) is 0 Å². The van der Waals surface area contributed by atoms with E-state index in [0.717, 1.165) is 90.9 Å². The van der Waals surface area contributed by atoms with Gasteiger partial charge >= 0.3 is 0 Å². The van der Waals surface area contributed by atoms with Gasteiger partial charge in [0.1, 0.15) is 17.3 Å². The Bertz CT molecular complexity index is 2770. The van der Waals surface area contributed by atoms with E-state index in [1.54, 1.807) is 0 Å². The molecule has 74 heavy (non-hydrogen) atoms. The lowest BCUT2D eigenvalue weighted by atomic mass is 9.54. The Morgan fingerprint density at radius 1 is 0.784 bits per heavy atom. The topological polar surface area (TPSA) is 90.4 Å². The fraction of sp³-hybridized carbons (Fsp3) is 0.541. The molecule has 5 aromatic rings. The van der Waals surface area contributed by atoms with Crippen LogP contribution in [0, 0.1) is 16.7 Å². The molecular weight excluding hydrogens is 964 g/mol. The summed E-state index contributed by atoms with van der Waals surface area (Å²) < 4.78 is 15.4. The van der Waals surface area contributed by atoms with Crippen molar-refractivity contribution in [2.75, 3.05) is 40.9 Å². The molecule has 7 unspecified atom stereocenters. The van der Waals surface area contributed by atoms with E-state index in [4.69, 9.17) is 37.7 Å². The van der Waals surface area contributed by atoms with E-state index in [0.29, 0.717) is 24.0 Å². The lowest BCUT2D eigenvalue weighted by molar-refractivity contribution is -0.154. The summed E-state index contributed by atoms with van der Waals surface area (Å²) in [5.74, 6) is 3.20. The second kappa shape index (κ2) is 21.0. The third kappa shape index (κ3) is 8.88. The third-order valence-corrected chi connectivity index (χ3v) is 20.0. The van der Waals surface area contributed by atoms with E-state index >= 15 is 4.79 Å². The molecule has 6 fully saturated rings. The van der Waals surface area contributed by atoms with E-state index in [-0.39, 0.29) is 66.3 Å². The van der Waals surface area contributed by atoms with E-state index in [9.17, 15) is 0 Å². The number of ketones is 1. The van der Waals surface area contributed by atoms with Gasteiger partial charge in [-0.3, -0.25) is 24.4 Å². The number of ether oxygens (including phenoxy) is 2. The highest BCUT2D eigenvalue weighted by Crippen LogP contribution is 2.63. The molecule has 13 atom stereocenters. The minimum absolute atomic E-state index is 0.0135. The first-order chi connectivity index (χ1) is 35.8. The number of nitrogens with one attached hydrogen (secondary N) is 2. The van der Waals surface area contributed by atoms with Crippen LogP contribution in [-0.4, -0.2) is 136 Å². The standard InChI is InChI=1S/C61H78Cl2N8O3/c1-9-60-54-31-45(29-41-15-11-10-12-16-41)57(60)67(5)39(3)38(2)65-53-33-48(30-42-17-22-46(62)23-18-42)68(6)58-50(37-73-8)66-56(61(53,58)59(60)72)40(4)71(54)35-44-19-24-47(63)32-52(44)74-49-25-20-43(21-26-49)51-34-64-55(69(51)7)36-70-27-13-14-28-70/h10-12,15-26,32,34,38-40,45,48,50,53-54,56-58,65-66H,9,13-14,27-31,33,35-37H2,1-8H3/t38-,39-,40-,45+,48-,50+,53?,54?,56?,57?,58?,60?,61?/m0/s1. The number of likely N-dealkylation sites (N-methyl/N-ethyl adjacent to an activating group) is 2. The van der Waals surface area contributed by atoms with Crippen LogP contribution in [0.25, 0.3) is 11.3 Å². The van der Waals surface area contributed by atoms with E-state index in [1.165, 1.54) is 24.0 Å². The highest BCUT2D eigenvalue weighted by molar-refractivity contribution is 6.31. The van der Waals surface area contributed by atoms with Gasteiger partial charge < -0.3 is 24.7 Å². The summed E-state index contributed by atoms with van der Waals surface area (Å²) >= 11 is 13.4. The van der Waals surface area contributed by atoms with Gasteiger partial charge in [0.25, 0.3) is 0 Å². The Balaban J connectivity index is 1.01. The fourth-order valence-corrected chi connectivity index (χ4v) is 16.1. The van der Waals surface area contributed by atoms with E-state index in [2.05, 4.69) is 156 Å². The number of rotatable bonds is 14. The maximum atomic E-state index is 17.6. The second-order valence-corrected chi connectivity index (χ2v) is 24.0. The van der Waals surface area contributed by atoms with E-state index in [1.807, 2.05) is 37.6 Å². The van der Waals surface area contributed by atoms with Gasteiger partial charge in [0.15, 0.2) is 5.78 Å². The smallest absolute Gasteiger partial charge is 0.153 e. The summed E-state index contributed by atoms with van der Waals surface area (Å²) in [4.78, 5) is 32.9. The fourth-order valence-electron chi connectivity index (χ4n) is 15.8. The zero-order chi connectivity index (χ0) is 51.6. The lowest BCUT2D eigenvalue weighted by Gasteiger charge is -2.57. The van der Waals surface area contributed by atoms with Crippen molar-refractivity contribution in [1.82, 2.24) is 39.8 Å². The molecule has 1 aliphatic carbocycles. The van der Waals surface area contributed by atoms with Crippen LogP contribution in [0.15, 0.2) is 103 Å². The number of Topliss-reactive ketones (excluding diaryl/α,β-unsaturated/α-hetero) is 1. The average Bonchev–Trinajstić information content (AvgIpc) is 4.24. The maximum absolute atomic E-state index is 17.6. The molecule has 11 rings (SSSR count). The number of carbonyl (C=O) groups is 1. The Hall–Kier alpha value is -4.14. The highest BCUT2D eigenvalue weighted by Gasteiger charge is 2.77. The second-order valence-electron chi connectivity index (χ2n) is 23.1. The molecule has 6 aliphatic rings. The van der Waals surface area contributed by atoms with E-state index < -0.39 is 10.8 Å². The van der Waals surface area contributed by atoms with Crippen molar-refractivity contribution < 1.29 is 14.3 Å². The number of likely N-dealkylation sites (tertiary alicyclic amines) is 3. The number of hydrogen-bond donors (Lipinski definition) is 2. The quantitative estimate of drug-likeness (QED) is 0.112. The number of piperidine rings is 1. The van der Waals surface area contributed by atoms with Crippen molar-refractivity contribution in [1.29, 1.82) is 0 Å². The largest absolute Gasteiger partial charge is 0.457 e. The van der Waals surface area contributed by atoms with Gasteiger partial charge in [-0.1, -0.05) is 78.7 Å². The molecule has 13 heteroatoms. The molecule has 2 N–H and O–H groups in total. The van der Waals surface area contributed by atoms with Crippen molar-refractivity contribution in [2.45, 2.75) is 146 Å². The Morgan fingerprint density at radius 3 is 2.22 bits per heavy atom. The van der Waals surface area contributed by atoms with Crippen LogP contribution >= 0.6 is 23.2 Å². The Morgan fingerprint density at radius 2 is 1.50 bits per heavy atom. The van der Waals surface area contributed by atoms with Crippen molar-refractivity contribution in [3.63, 3.8) is 0 Å². The molecular formula is C61H78Cl2N8O3. The first kappa shape index (κ1) is 51.9. The number of methoxy groups -OCH3 is 1. The maximum Gasteiger partial charge on any atom is 0.153 e. The Kier molecular flexibility index (Phi) is 14.7. The summed E-state index contributed by atoms with van der Waals surface area (Å²) in [6.45, 7) is 13.7. The zero-order valence-corrected chi connectivity index (χ0v) is 46.3. The Labute approximate surface area is 450 Å². The molecule has 0 radical (unpaired) electrons. The molecule has 5 aliphatic heterocycles. The van der Waals surface area contributed by atoms with Gasteiger partial charge in [0, 0.05) is 102 Å². The first-order valence-corrected chi connectivity index (χ1v) is 28.4. The first-order valence-electron chi connectivity index (χ1n) is 27.6. The molecule has 1 saturated carbocycles. The minimum Gasteiger partial charge on any atom is -0.457 e. The normalized spacial score (nSPS) is 33.5. The van der Waals surface area contributed by atoms with Crippen LogP contribution in [-0.2, 0) is 42.5 Å². The molecule has 1 spiro atoms. The number of benzene rings is 4. The predicted molar refractivity (Wildman–Crippen MR) is 297 cm³/mol. The minimum atomic E-state index is -0.792. The SMILES string of the molecule is CCC12C(=O)C34C5C[C@H](Cc6ccc(Cl)cc6)N(C)C3[C@@H](COC)NC4[C@H](C)N(Cc3ccc(Cl)cc3Oc3ccc(-c4cnc(CN6CCCC6)n4C)cc3)C1C[C@@H](Cc1ccccc1)C2N(C)[C@@H](C)[C@H](C)N5. The zero-order valence-electron chi connectivity index (χ0n) is 44.8. The number of aromatic nitrogens is 2. The number of nitrogens with zero attached hydrogens (tertiary/aromatic N) is 6. The number of hydrogen-bond acceptors (Lipinski definition) is 10. The average molecular weight is 1040 g/mol. The molecule has 11 nitrogen and oxygen atoms in total. The van der Waals surface area contributed by atoms with Gasteiger partial charge in [0.2, 0.25) is 0 Å². The lowest BCUT2D eigenvalue weighted by Crippen LogP contribution is -2.74. The van der Waals surface area contributed by atoms with Gasteiger partial charge in [0.05, 0.1) is 35.9 Å². The summed E-state index contributed by atoms with van der Waals surface area (Å²) in [5, 5.41) is 9.96. The van der Waals surface area contributed by atoms with Gasteiger partial charge in [-0.15, -0.1) is 0 Å². The molecule has 394 valence electrons. The van der Waals surface area contributed by atoms with Crippen molar-refractivity contribution in [2.24, 2.45) is 23.8 Å². The molecule has 6 heterocycles. The number of carbonyl (C=O) groups excluding carboxylic acids is 1. The van der Waals surface area contributed by atoms with Crippen molar-refractivity contribution in [3.8, 4) is 22.8 Å². The van der Waals surface area contributed by atoms with Gasteiger partial charge in [-0.25, -0.2) is 4.98 Å².